The maximum absolute atomic E-state index is 13.9. The zero-order valence-electron chi connectivity index (χ0n) is 10.1. The van der Waals surface area contributed by atoms with Crippen LogP contribution in [0.5, 0.6) is 0 Å². The molecular weight excluding hydrogens is 257 g/mol. The predicted molar refractivity (Wildman–Crippen MR) is 68.0 cm³/mol. The summed E-state index contributed by atoms with van der Waals surface area (Å²) >= 11 is 0. The van der Waals surface area contributed by atoms with Gasteiger partial charge in [-0.15, -0.1) is 0 Å². The highest BCUT2D eigenvalue weighted by Gasteiger charge is 2.18. The molecule has 0 unspecified atom stereocenters. The molecule has 2 rings (SSSR count). The molecule has 0 aliphatic rings. The molecule has 1 aromatic carbocycles. The first-order chi connectivity index (χ1) is 8.99. The Morgan fingerprint density at radius 3 is 2.63 bits per heavy atom. The van der Waals surface area contributed by atoms with E-state index in [9.17, 15) is 18.4 Å². The Morgan fingerprint density at radius 1 is 1.37 bits per heavy atom. The van der Waals surface area contributed by atoms with Gasteiger partial charge in [0.2, 0.25) is 13.9 Å². The molecule has 0 saturated carbocycles. The lowest BCUT2D eigenvalue weighted by Crippen LogP contribution is -2.25. The second kappa shape index (κ2) is 4.71. The van der Waals surface area contributed by atoms with E-state index in [0.29, 0.717) is 0 Å². The Morgan fingerprint density at radius 2 is 2.05 bits per heavy atom. The Hall–Kier alpha value is -2.38. The van der Waals surface area contributed by atoms with Gasteiger partial charge in [0.25, 0.3) is 0 Å². The summed E-state index contributed by atoms with van der Waals surface area (Å²) in [5, 5.41) is 4.56. The van der Waals surface area contributed by atoms with Gasteiger partial charge >= 0.3 is 5.63 Å². The van der Waals surface area contributed by atoms with Gasteiger partial charge in [-0.3, -0.25) is 4.79 Å². The van der Waals surface area contributed by atoms with Crippen molar-refractivity contribution in [2.24, 2.45) is 0 Å². The van der Waals surface area contributed by atoms with Crippen molar-refractivity contribution < 1.29 is 18.0 Å². The number of carbonyl (C=O) groups is 1. The van der Waals surface area contributed by atoms with E-state index in [1.54, 1.807) is 0 Å². The van der Waals surface area contributed by atoms with Gasteiger partial charge < -0.3 is 15.0 Å². The standard InChI is InChI=1S/C11H9BF2N2O3/c1-15-8-6(13)3-4-2-5(10(17)16-12)11(18)19-9(4)7(8)14/h2-3,15H,12H2,1H3,(H,16,17). The van der Waals surface area contributed by atoms with Crippen molar-refractivity contribution in [3.63, 3.8) is 0 Å². The number of amides is 1. The number of carbonyl (C=O) groups excluding carboxylic acids is 1. The van der Waals surface area contributed by atoms with Gasteiger partial charge in [-0.05, 0) is 12.1 Å². The molecule has 0 radical (unpaired) electrons. The van der Waals surface area contributed by atoms with Crippen LogP contribution in [0.25, 0.3) is 11.0 Å². The second-order valence-electron chi connectivity index (χ2n) is 3.74. The Kier molecular flexibility index (Phi) is 3.24. The Balaban J connectivity index is 2.83. The minimum Gasteiger partial charge on any atom is -0.419 e. The van der Waals surface area contributed by atoms with E-state index >= 15 is 0 Å². The zero-order valence-corrected chi connectivity index (χ0v) is 10.1. The fraction of sp³-hybridized carbons (Fsp3) is 0.0909. The van der Waals surface area contributed by atoms with Crippen molar-refractivity contribution in [1.82, 2.24) is 5.23 Å². The number of rotatable bonds is 2. The highest BCUT2D eigenvalue weighted by atomic mass is 19.1. The van der Waals surface area contributed by atoms with E-state index < -0.39 is 34.4 Å². The monoisotopic (exact) mass is 266 g/mol. The largest absolute Gasteiger partial charge is 0.419 e. The van der Waals surface area contributed by atoms with Crippen LogP contribution >= 0.6 is 0 Å². The molecule has 0 spiro atoms. The molecule has 0 atom stereocenters. The second-order valence-corrected chi connectivity index (χ2v) is 3.74. The van der Waals surface area contributed by atoms with Crippen LogP contribution in [0.2, 0.25) is 0 Å². The summed E-state index contributed by atoms with van der Waals surface area (Å²) in [6.45, 7) is 0. The van der Waals surface area contributed by atoms with Gasteiger partial charge in [0.1, 0.15) is 17.1 Å². The maximum atomic E-state index is 13.9. The molecule has 2 N–H and O–H groups in total. The average Bonchev–Trinajstić information content (AvgIpc) is 2.39. The third kappa shape index (κ3) is 2.05. The molecule has 1 amide bonds. The molecular formula is C11H9BF2N2O3. The van der Waals surface area contributed by atoms with Crippen LogP contribution in [0.3, 0.4) is 0 Å². The number of halogens is 2. The summed E-state index contributed by atoms with van der Waals surface area (Å²) in [5.41, 5.74) is -2.10. The minimum atomic E-state index is -1.02. The topological polar surface area (TPSA) is 71.3 Å². The first-order valence-electron chi connectivity index (χ1n) is 5.35. The minimum absolute atomic E-state index is 0.00722. The molecule has 0 bridgehead atoms. The van der Waals surface area contributed by atoms with Crippen LogP contribution in [-0.2, 0) is 0 Å². The smallest absolute Gasteiger partial charge is 0.349 e. The fourth-order valence-corrected chi connectivity index (χ4v) is 1.71. The molecule has 0 aliphatic carbocycles. The summed E-state index contributed by atoms with van der Waals surface area (Å²) < 4.78 is 32.2. The number of nitrogens with one attached hydrogen (secondary N) is 2. The Labute approximate surface area is 107 Å². The zero-order chi connectivity index (χ0) is 14.2. The molecule has 5 nitrogen and oxygen atoms in total. The molecule has 19 heavy (non-hydrogen) atoms. The molecule has 0 aliphatic heterocycles. The lowest BCUT2D eigenvalue weighted by molar-refractivity contribution is 0.0978. The number of anilines is 1. The van der Waals surface area contributed by atoms with Crippen molar-refractivity contribution in [2.45, 2.75) is 0 Å². The number of hydrogen-bond acceptors (Lipinski definition) is 4. The quantitative estimate of drug-likeness (QED) is 0.609. The van der Waals surface area contributed by atoms with Crippen LogP contribution in [0.1, 0.15) is 10.4 Å². The van der Waals surface area contributed by atoms with Gasteiger partial charge in [0.05, 0.1) is 0 Å². The van der Waals surface area contributed by atoms with E-state index in [1.807, 2.05) is 0 Å². The lowest BCUT2D eigenvalue weighted by Gasteiger charge is -2.07. The first kappa shape index (κ1) is 13.1. The first-order valence-corrected chi connectivity index (χ1v) is 5.35. The number of hydrogen-bond donors (Lipinski definition) is 2. The maximum Gasteiger partial charge on any atom is 0.349 e. The van der Waals surface area contributed by atoms with Crippen molar-refractivity contribution in [3.8, 4) is 0 Å². The van der Waals surface area contributed by atoms with Crippen LogP contribution in [-0.4, -0.2) is 20.9 Å². The molecule has 0 saturated heterocycles. The normalized spacial score (nSPS) is 10.5. The third-order valence-electron chi connectivity index (χ3n) is 2.64. The van der Waals surface area contributed by atoms with Crippen molar-refractivity contribution in [1.29, 1.82) is 0 Å². The number of benzene rings is 1. The van der Waals surface area contributed by atoms with Crippen LogP contribution in [0.15, 0.2) is 21.3 Å². The SMILES string of the molecule is BNC(=O)c1cc2cc(F)c(NC)c(F)c2oc1=O. The predicted octanol–water partition coefficient (Wildman–Crippen LogP) is 0.391. The van der Waals surface area contributed by atoms with Gasteiger partial charge in [-0.1, -0.05) is 0 Å². The summed E-state index contributed by atoms with van der Waals surface area (Å²) in [4.78, 5) is 23.0. The number of fused-ring (bicyclic) bond motifs is 1. The molecule has 1 heterocycles. The van der Waals surface area contributed by atoms with Gasteiger partial charge in [0, 0.05) is 12.4 Å². The van der Waals surface area contributed by atoms with Crippen LogP contribution < -0.4 is 16.2 Å². The fourth-order valence-electron chi connectivity index (χ4n) is 1.71. The summed E-state index contributed by atoms with van der Waals surface area (Å²) in [6, 6.07) is 2.07. The van der Waals surface area contributed by atoms with Crippen molar-refractivity contribution >= 4 is 30.5 Å². The summed E-state index contributed by atoms with van der Waals surface area (Å²) in [5.74, 6) is -2.54. The summed E-state index contributed by atoms with van der Waals surface area (Å²) in [6.07, 6.45) is 0. The van der Waals surface area contributed by atoms with E-state index in [0.717, 1.165) is 12.1 Å². The van der Waals surface area contributed by atoms with Crippen LogP contribution in [0.4, 0.5) is 14.5 Å². The van der Waals surface area contributed by atoms with E-state index in [2.05, 4.69) is 10.5 Å². The van der Waals surface area contributed by atoms with E-state index in [4.69, 9.17) is 4.42 Å². The molecule has 98 valence electrons. The highest BCUT2D eigenvalue weighted by Crippen LogP contribution is 2.27. The van der Waals surface area contributed by atoms with Gasteiger partial charge in [0.15, 0.2) is 11.4 Å². The van der Waals surface area contributed by atoms with Crippen molar-refractivity contribution in [3.05, 3.63) is 39.8 Å². The summed E-state index contributed by atoms with van der Waals surface area (Å²) in [7, 11) is 2.67. The van der Waals surface area contributed by atoms with Gasteiger partial charge in [-0.2, -0.15) is 0 Å². The molecule has 1 aromatic heterocycles. The van der Waals surface area contributed by atoms with E-state index in [1.165, 1.54) is 15.0 Å². The third-order valence-corrected chi connectivity index (χ3v) is 2.64. The van der Waals surface area contributed by atoms with Crippen molar-refractivity contribution in [2.75, 3.05) is 12.4 Å². The molecule has 0 fully saturated rings. The molecule has 2 aromatic rings. The van der Waals surface area contributed by atoms with Gasteiger partial charge in [-0.25, -0.2) is 13.6 Å². The van der Waals surface area contributed by atoms with E-state index in [-0.39, 0.29) is 10.9 Å². The lowest BCUT2D eigenvalue weighted by atomic mass is 10.1. The molecule has 8 heteroatoms. The highest BCUT2D eigenvalue weighted by molar-refractivity contribution is 6.18. The Bertz CT molecular complexity index is 730. The van der Waals surface area contributed by atoms with Crippen LogP contribution in [0, 0.1) is 11.6 Å². The average molecular weight is 266 g/mol.